The molecule has 2 aromatic rings. The number of hydrogen-bond acceptors (Lipinski definition) is 5. The van der Waals surface area contributed by atoms with Crippen molar-refractivity contribution in [3.8, 4) is 11.1 Å². The van der Waals surface area contributed by atoms with Gasteiger partial charge in [0.05, 0.1) is 18.8 Å². The maximum atomic E-state index is 10.0. The molecule has 0 saturated carbocycles. The monoisotopic (exact) mass is 343 g/mol. The number of aliphatic hydroxyl groups excluding tert-OH is 4. The fourth-order valence-electron chi connectivity index (χ4n) is 3.40. The Hall–Kier alpha value is -1.76. The summed E-state index contributed by atoms with van der Waals surface area (Å²) in [5.74, 6) is 0. The first kappa shape index (κ1) is 18.0. The summed E-state index contributed by atoms with van der Waals surface area (Å²) in [5.41, 5.74) is 3.47. The van der Waals surface area contributed by atoms with Gasteiger partial charge in [-0.15, -0.1) is 0 Å². The largest absolute Gasteiger partial charge is 0.395 e. The van der Waals surface area contributed by atoms with Crippen molar-refractivity contribution in [1.82, 2.24) is 4.90 Å². The summed E-state index contributed by atoms with van der Waals surface area (Å²) in [6, 6.07) is 17.9. The van der Waals surface area contributed by atoms with E-state index in [1.165, 1.54) is 5.56 Å². The Morgan fingerprint density at radius 2 is 1.48 bits per heavy atom. The second kappa shape index (κ2) is 8.08. The van der Waals surface area contributed by atoms with Crippen LogP contribution in [0, 0.1) is 0 Å². The van der Waals surface area contributed by atoms with Crippen molar-refractivity contribution in [1.29, 1.82) is 0 Å². The van der Waals surface area contributed by atoms with Gasteiger partial charge in [-0.1, -0.05) is 54.6 Å². The molecule has 4 N–H and O–H groups in total. The lowest BCUT2D eigenvalue weighted by molar-refractivity contribution is -0.144. The zero-order valence-electron chi connectivity index (χ0n) is 14.1. The molecule has 1 aliphatic rings. The van der Waals surface area contributed by atoms with Crippen LogP contribution in [0.15, 0.2) is 54.6 Å². The van der Waals surface area contributed by atoms with Gasteiger partial charge in [-0.2, -0.15) is 0 Å². The Morgan fingerprint density at radius 3 is 2.12 bits per heavy atom. The summed E-state index contributed by atoms with van der Waals surface area (Å²) < 4.78 is 0. The molecule has 3 rings (SSSR count). The summed E-state index contributed by atoms with van der Waals surface area (Å²) in [6.07, 6.45) is -2.62. The molecular formula is C20H25NO4. The maximum absolute atomic E-state index is 10.0. The zero-order valence-corrected chi connectivity index (χ0v) is 14.1. The summed E-state index contributed by atoms with van der Waals surface area (Å²) in [7, 11) is 0. The van der Waals surface area contributed by atoms with E-state index in [2.05, 4.69) is 36.4 Å². The van der Waals surface area contributed by atoms with Crippen LogP contribution < -0.4 is 0 Å². The van der Waals surface area contributed by atoms with Crippen LogP contribution in [0.3, 0.4) is 0 Å². The van der Waals surface area contributed by atoms with E-state index < -0.39 is 24.4 Å². The molecule has 0 aliphatic carbocycles. The van der Waals surface area contributed by atoms with Crippen LogP contribution in [0.4, 0.5) is 0 Å². The molecule has 4 atom stereocenters. The van der Waals surface area contributed by atoms with Crippen molar-refractivity contribution in [2.24, 2.45) is 0 Å². The Morgan fingerprint density at radius 1 is 0.840 bits per heavy atom. The van der Waals surface area contributed by atoms with E-state index in [1.807, 2.05) is 23.1 Å². The lowest BCUT2D eigenvalue weighted by Crippen LogP contribution is -2.62. The van der Waals surface area contributed by atoms with E-state index in [-0.39, 0.29) is 13.2 Å². The van der Waals surface area contributed by atoms with Crippen LogP contribution in [-0.4, -0.2) is 69.4 Å². The number of nitrogens with zero attached hydrogens (tertiary/aromatic N) is 1. The minimum atomic E-state index is -1.21. The van der Waals surface area contributed by atoms with Gasteiger partial charge in [0.15, 0.2) is 0 Å². The number of likely N-dealkylation sites (tertiary alicyclic amines) is 1. The molecule has 2 aromatic carbocycles. The highest BCUT2D eigenvalue weighted by Gasteiger charge is 2.40. The van der Waals surface area contributed by atoms with Gasteiger partial charge < -0.3 is 20.4 Å². The van der Waals surface area contributed by atoms with Crippen molar-refractivity contribution in [3.63, 3.8) is 0 Å². The predicted octanol–water partition coefficient (Wildman–Crippen LogP) is 0.655. The molecule has 0 aromatic heterocycles. The van der Waals surface area contributed by atoms with Gasteiger partial charge in [-0.3, -0.25) is 4.90 Å². The van der Waals surface area contributed by atoms with E-state index in [1.54, 1.807) is 0 Å². The van der Waals surface area contributed by atoms with Crippen LogP contribution in [0.1, 0.15) is 5.56 Å². The molecule has 1 aliphatic heterocycles. The molecule has 5 heteroatoms. The average Bonchev–Trinajstić information content (AvgIpc) is 2.66. The second-order valence-corrected chi connectivity index (χ2v) is 6.61. The highest BCUT2D eigenvalue weighted by Crippen LogP contribution is 2.21. The van der Waals surface area contributed by atoms with Crippen LogP contribution in [0.5, 0.6) is 0 Å². The SMILES string of the molecule is OC[C@H]1C(O)C(O)C(O)CN1CCc1ccc(-c2ccccc2)cc1. The second-order valence-electron chi connectivity index (χ2n) is 6.61. The molecule has 0 radical (unpaired) electrons. The number of piperidine rings is 1. The standard InChI is InChI=1S/C20H25NO4/c22-13-17-19(24)20(25)18(23)12-21(17)11-10-14-6-8-16(9-7-14)15-4-2-1-3-5-15/h1-9,17-20,22-25H,10-13H2/t17-,18?,19?,20?/m0/s1. The topological polar surface area (TPSA) is 84.2 Å². The van der Waals surface area contributed by atoms with Gasteiger partial charge in [0.1, 0.15) is 12.2 Å². The van der Waals surface area contributed by atoms with E-state index in [0.29, 0.717) is 6.54 Å². The molecule has 0 spiro atoms. The third-order valence-corrected chi connectivity index (χ3v) is 4.96. The molecule has 1 fully saturated rings. The van der Waals surface area contributed by atoms with Crippen molar-refractivity contribution in [2.45, 2.75) is 30.8 Å². The van der Waals surface area contributed by atoms with Gasteiger partial charge in [0, 0.05) is 13.1 Å². The Kier molecular flexibility index (Phi) is 5.83. The van der Waals surface area contributed by atoms with E-state index in [4.69, 9.17) is 0 Å². The van der Waals surface area contributed by atoms with E-state index in [0.717, 1.165) is 17.5 Å². The van der Waals surface area contributed by atoms with Crippen LogP contribution in [0.25, 0.3) is 11.1 Å². The van der Waals surface area contributed by atoms with Gasteiger partial charge >= 0.3 is 0 Å². The fourth-order valence-corrected chi connectivity index (χ4v) is 3.40. The smallest absolute Gasteiger partial charge is 0.109 e. The van der Waals surface area contributed by atoms with Crippen LogP contribution in [-0.2, 0) is 6.42 Å². The van der Waals surface area contributed by atoms with Crippen molar-refractivity contribution in [2.75, 3.05) is 19.7 Å². The molecule has 3 unspecified atom stereocenters. The predicted molar refractivity (Wildman–Crippen MR) is 96.0 cm³/mol. The normalized spacial score (nSPS) is 27.4. The third-order valence-electron chi connectivity index (χ3n) is 4.96. The van der Waals surface area contributed by atoms with Gasteiger partial charge in [-0.25, -0.2) is 0 Å². The summed E-state index contributed by atoms with van der Waals surface area (Å²) in [4.78, 5) is 1.84. The minimum Gasteiger partial charge on any atom is -0.395 e. The molecule has 1 heterocycles. The molecule has 0 bridgehead atoms. The van der Waals surface area contributed by atoms with Gasteiger partial charge in [0.2, 0.25) is 0 Å². The highest BCUT2D eigenvalue weighted by atomic mass is 16.4. The number of aliphatic hydroxyl groups is 4. The Balaban J connectivity index is 1.63. The zero-order chi connectivity index (χ0) is 17.8. The third kappa shape index (κ3) is 4.08. The quantitative estimate of drug-likeness (QED) is 0.641. The van der Waals surface area contributed by atoms with Crippen molar-refractivity contribution >= 4 is 0 Å². The molecular weight excluding hydrogens is 318 g/mol. The lowest BCUT2D eigenvalue weighted by atomic mass is 9.93. The Bertz CT molecular complexity index is 661. The number of β-amino-alcohol motifs (C(OH)–C–C–N with tert-alkyl or cyclic N) is 1. The number of rotatable bonds is 5. The number of benzene rings is 2. The molecule has 134 valence electrons. The summed E-state index contributed by atoms with van der Waals surface area (Å²) in [5, 5.41) is 39.1. The van der Waals surface area contributed by atoms with Crippen LogP contribution in [0.2, 0.25) is 0 Å². The highest BCUT2D eigenvalue weighted by molar-refractivity contribution is 5.63. The first-order valence-corrected chi connectivity index (χ1v) is 8.63. The van der Waals surface area contributed by atoms with E-state index >= 15 is 0 Å². The summed E-state index contributed by atoms with van der Waals surface area (Å²) in [6.45, 7) is 0.584. The minimum absolute atomic E-state index is 0.242. The Labute approximate surface area is 147 Å². The first-order valence-electron chi connectivity index (χ1n) is 8.63. The molecule has 5 nitrogen and oxygen atoms in total. The average molecular weight is 343 g/mol. The fraction of sp³-hybridized carbons (Fsp3) is 0.400. The lowest BCUT2D eigenvalue weighted by Gasteiger charge is -2.43. The van der Waals surface area contributed by atoms with Crippen molar-refractivity contribution < 1.29 is 20.4 Å². The van der Waals surface area contributed by atoms with Crippen molar-refractivity contribution in [3.05, 3.63) is 60.2 Å². The maximum Gasteiger partial charge on any atom is 0.109 e. The first-order chi connectivity index (χ1) is 12.1. The molecule has 0 amide bonds. The number of hydrogen-bond donors (Lipinski definition) is 4. The molecule has 25 heavy (non-hydrogen) atoms. The summed E-state index contributed by atoms with van der Waals surface area (Å²) >= 11 is 0. The van der Waals surface area contributed by atoms with Gasteiger partial charge in [-0.05, 0) is 23.1 Å². The van der Waals surface area contributed by atoms with E-state index in [9.17, 15) is 20.4 Å². The van der Waals surface area contributed by atoms with Gasteiger partial charge in [0.25, 0.3) is 0 Å². The van der Waals surface area contributed by atoms with Crippen LogP contribution >= 0.6 is 0 Å². The molecule has 1 saturated heterocycles.